The lowest BCUT2D eigenvalue weighted by molar-refractivity contribution is -0.153. The van der Waals surface area contributed by atoms with Crippen molar-refractivity contribution in [3.63, 3.8) is 0 Å². The highest BCUT2D eigenvalue weighted by Crippen LogP contribution is 2.20. The van der Waals surface area contributed by atoms with Crippen LogP contribution in [0.3, 0.4) is 0 Å². The van der Waals surface area contributed by atoms with Crippen LogP contribution in [0.25, 0.3) is 0 Å². The third-order valence-electron chi connectivity index (χ3n) is 2.58. The van der Waals surface area contributed by atoms with E-state index in [2.05, 4.69) is 5.32 Å². The Kier molecular flexibility index (Phi) is 3.78. The van der Waals surface area contributed by atoms with Gasteiger partial charge in [-0.25, -0.2) is 0 Å². The molecule has 1 heterocycles. The molecule has 0 aliphatic carbocycles. The summed E-state index contributed by atoms with van der Waals surface area (Å²) in [6.45, 7) is 4.20. The topological polar surface area (TPSA) is 15.3 Å². The maximum Gasteiger partial charge on any atom is 0.401 e. The van der Waals surface area contributed by atoms with E-state index in [1.165, 1.54) is 4.90 Å². The van der Waals surface area contributed by atoms with Crippen molar-refractivity contribution in [1.29, 1.82) is 0 Å². The van der Waals surface area contributed by atoms with Gasteiger partial charge in [-0.3, -0.25) is 4.90 Å². The Labute approximate surface area is 82.5 Å². The van der Waals surface area contributed by atoms with Gasteiger partial charge in [-0.2, -0.15) is 13.2 Å². The zero-order valence-electron chi connectivity index (χ0n) is 8.56. The summed E-state index contributed by atoms with van der Waals surface area (Å²) < 4.78 is 36.6. The molecule has 1 rings (SSSR count). The van der Waals surface area contributed by atoms with Crippen molar-refractivity contribution in [2.45, 2.75) is 38.5 Å². The number of alkyl halides is 3. The summed E-state index contributed by atoms with van der Waals surface area (Å²) >= 11 is 0. The maximum absolute atomic E-state index is 12.2. The molecule has 2 atom stereocenters. The first-order chi connectivity index (χ1) is 6.42. The zero-order chi connectivity index (χ0) is 10.8. The minimum absolute atomic E-state index is 0.0211. The van der Waals surface area contributed by atoms with Gasteiger partial charge < -0.3 is 5.32 Å². The molecular formula is C9H17F3N2. The molecule has 14 heavy (non-hydrogen) atoms. The Morgan fingerprint density at radius 3 is 2.57 bits per heavy atom. The average Bonchev–Trinajstić information content (AvgIpc) is 2.01. The second-order valence-electron chi connectivity index (χ2n) is 3.92. The van der Waals surface area contributed by atoms with E-state index in [1.54, 1.807) is 0 Å². The summed E-state index contributed by atoms with van der Waals surface area (Å²) in [5.41, 5.74) is 0. The number of hydrogen-bond acceptors (Lipinski definition) is 2. The Hall–Kier alpha value is -0.290. The minimum Gasteiger partial charge on any atom is -0.311 e. The van der Waals surface area contributed by atoms with Crippen LogP contribution in [-0.4, -0.2) is 42.8 Å². The van der Waals surface area contributed by atoms with Gasteiger partial charge in [0.05, 0.1) is 6.54 Å². The molecule has 1 fully saturated rings. The largest absolute Gasteiger partial charge is 0.401 e. The molecule has 1 N–H and O–H groups in total. The lowest BCUT2D eigenvalue weighted by Gasteiger charge is -2.39. The molecule has 1 aliphatic heterocycles. The van der Waals surface area contributed by atoms with E-state index in [0.29, 0.717) is 13.1 Å². The van der Waals surface area contributed by atoms with Crippen LogP contribution in [0, 0.1) is 0 Å². The van der Waals surface area contributed by atoms with Crippen molar-refractivity contribution in [2.24, 2.45) is 0 Å². The predicted molar refractivity (Wildman–Crippen MR) is 49.2 cm³/mol. The monoisotopic (exact) mass is 210 g/mol. The van der Waals surface area contributed by atoms with E-state index in [0.717, 1.165) is 6.42 Å². The molecule has 84 valence electrons. The SMILES string of the molecule is CCC1CNC(C)CN1CC(F)(F)F. The second kappa shape index (κ2) is 4.49. The van der Waals surface area contributed by atoms with Crippen molar-refractivity contribution < 1.29 is 13.2 Å². The molecule has 0 aromatic rings. The molecule has 0 radical (unpaired) electrons. The molecule has 5 heteroatoms. The highest BCUT2D eigenvalue weighted by Gasteiger charge is 2.35. The predicted octanol–water partition coefficient (Wildman–Crippen LogP) is 1.62. The normalized spacial score (nSPS) is 30.6. The summed E-state index contributed by atoms with van der Waals surface area (Å²) in [4.78, 5) is 1.53. The summed E-state index contributed by atoms with van der Waals surface area (Å²) in [5, 5.41) is 3.19. The fourth-order valence-corrected chi connectivity index (χ4v) is 1.86. The van der Waals surface area contributed by atoms with Gasteiger partial charge in [-0.1, -0.05) is 6.92 Å². The van der Waals surface area contributed by atoms with Gasteiger partial charge in [-0.05, 0) is 13.3 Å². The highest BCUT2D eigenvalue weighted by atomic mass is 19.4. The van der Waals surface area contributed by atoms with Gasteiger partial charge in [0.2, 0.25) is 0 Å². The fourth-order valence-electron chi connectivity index (χ4n) is 1.86. The van der Waals surface area contributed by atoms with Crippen molar-refractivity contribution in [3.05, 3.63) is 0 Å². The smallest absolute Gasteiger partial charge is 0.311 e. The van der Waals surface area contributed by atoms with Gasteiger partial charge in [0, 0.05) is 25.2 Å². The Balaban J connectivity index is 2.53. The minimum atomic E-state index is -4.08. The average molecular weight is 210 g/mol. The van der Waals surface area contributed by atoms with Gasteiger partial charge in [0.25, 0.3) is 0 Å². The quantitative estimate of drug-likeness (QED) is 0.745. The van der Waals surface area contributed by atoms with Crippen LogP contribution < -0.4 is 5.32 Å². The van der Waals surface area contributed by atoms with Gasteiger partial charge in [0.1, 0.15) is 0 Å². The number of rotatable bonds is 2. The van der Waals surface area contributed by atoms with Crippen LogP contribution >= 0.6 is 0 Å². The highest BCUT2D eigenvalue weighted by molar-refractivity contribution is 4.84. The fraction of sp³-hybridized carbons (Fsp3) is 1.00. The summed E-state index contributed by atoms with van der Waals surface area (Å²) in [6, 6.07) is 0.174. The van der Waals surface area contributed by atoms with Crippen LogP contribution in [0.2, 0.25) is 0 Å². The maximum atomic E-state index is 12.2. The Bertz CT molecular complexity index is 181. The third kappa shape index (κ3) is 3.46. The first-order valence-electron chi connectivity index (χ1n) is 4.96. The van der Waals surface area contributed by atoms with Crippen molar-refractivity contribution >= 4 is 0 Å². The van der Waals surface area contributed by atoms with Crippen LogP contribution in [0.1, 0.15) is 20.3 Å². The standard InChI is InChI=1S/C9H17F3N2/c1-3-8-4-13-7(2)5-14(8)6-9(10,11)12/h7-8,13H,3-6H2,1-2H3. The van der Waals surface area contributed by atoms with Gasteiger partial charge in [0.15, 0.2) is 0 Å². The molecule has 1 saturated heterocycles. The van der Waals surface area contributed by atoms with E-state index < -0.39 is 12.7 Å². The summed E-state index contributed by atoms with van der Waals surface area (Å²) in [5.74, 6) is 0. The molecular weight excluding hydrogens is 193 g/mol. The lowest BCUT2D eigenvalue weighted by atomic mass is 10.1. The Morgan fingerprint density at radius 2 is 2.07 bits per heavy atom. The van der Waals surface area contributed by atoms with E-state index in [9.17, 15) is 13.2 Å². The van der Waals surface area contributed by atoms with E-state index in [1.807, 2.05) is 13.8 Å². The van der Waals surface area contributed by atoms with Crippen molar-refractivity contribution in [2.75, 3.05) is 19.6 Å². The van der Waals surface area contributed by atoms with E-state index in [-0.39, 0.29) is 12.1 Å². The molecule has 1 aliphatic rings. The van der Waals surface area contributed by atoms with E-state index >= 15 is 0 Å². The molecule has 0 aromatic carbocycles. The molecule has 2 nitrogen and oxygen atoms in total. The number of piperazine rings is 1. The molecule has 0 saturated carbocycles. The second-order valence-corrected chi connectivity index (χ2v) is 3.92. The molecule has 0 aromatic heterocycles. The molecule has 0 bridgehead atoms. The number of nitrogens with one attached hydrogen (secondary N) is 1. The van der Waals surface area contributed by atoms with Gasteiger partial charge in [-0.15, -0.1) is 0 Å². The number of hydrogen-bond donors (Lipinski definition) is 1. The number of nitrogens with zero attached hydrogens (tertiary/aromatic N) is 1. The first-order valence-corrected chi connectivity index (χ1v) is 4.96. The Morgan fingerprint density at radius 1 is 1.43 bits per heavy atom. The van der Waals surface area contributed by atoms with Crippen LogP contribution in [0.15, 0.2) is 0 Å². The summed E-state index contributed by atoms with van der Waals surface area (Å²) in [6.07, 6.45) is -3.32. The lowest BCUT2D eigenvalue weighted by Crippen LogP contribution is -2.57. The molecule has 0 amide bonds. The summed E-state index contributed by atoms with van der Waals surface area (Å²) in [7, 11) is 0. The van der Waals surface area contributed by atoms with Gasteiger partial charge >= 0.3 is 6.18 Å². The van der Waals surface area contributed by atoms with E-state index in [4.69, 9.17) is 0 Å². The van der Waals surface area contributed by atoms with Crippen LogP contribution in [0.4, 0.5) is 13.2 Å². The molecule has 0 spiro atoms. The van der Waals surface area contributed by atoms with Crippen molar-refractivity contribution in [3.8, 4) is 0 Å². The van der Waals surface area contributed by atoms with Crippen LogP contribution in [-0.2, 0) is 0 Å². The first kappa shape index (κ1) is 11.8. The van der Waals surface area contributed by atoms with Crippen LogP contribution in [0.5, 0.6) is 0 Å². The third-order valence-corrected chi connectivity index (χ3v) is 2.58. The zero-order valence-corrected chi connectivity index (χ0v) is 8.56. The van der Waals surface area contributed by atoms with Crippen molar-refractivity contribution in [1.82, 2.24) is 10.2 Å². The number of halogens is 3. The molecule has 2 unspecified atom stereocenters.